The Hall–Kier alpha value is -3.14. The number of rotatable bonds is 5. The van der Waals surface area contributed by atoms with Crippen LogP contribution < -0.4 is 4.90 Å². The summed E-state index contributed by atoms with van der Waals surface area (Å²) in [7, 11) is 0. The second kappa shape index (κ2) is 9.78. The van der Waals surface area contributed by atoms with Gasteiger partial charge in [-0.25, -0.2) is 0 Å². The Labute approximate surface area is 211 Å². The molecule has 0 bridgehead atoms. The number of halogens is 2. The smallest absolute Gasteiger partial charge is 0.0462 e. The summed E-state index contributed by atoms with van der Waals surface area (Å²) in [4.78, 5) is 2.26. The van der Waals surface area contributed by atoms with Gasteiger partial charge in [0.2, 0.25) is 0 Å². The monoisotopic (exact) mass is 553 g/mol. The van der Waals surface area contributed by atoms with Crippen LogP contribution in [0.1, 0.15) is 11.1 Å². The van der Waals surface area contributed by atoms with Crippen molar-refractivity contribution in [3.63, 3.8) is 0 Å². The van der Waals surface area contributed by atoms with Gasteiger partial charge in [-0.3, -0.25) is 0 Å². The molecule has 0 saturated heterocycles. The lowest BCUT2D eigenvalue weighted by molar-refractivity contribution is 1.28. The van der Waals surface area contributed by atoms with Crippen molar-refractivity contribution in [1.82, 2.24) is 0 Å². The molecule has 1 nitrogen and oxygen atoms in total. The van der Waals surface area contributed by atoms with Crippen molar-refractivity contribution in [1.29, 1.82) is 0 Å². The van der Waals surface area contributed by atoms with Gasteiger partial charge in [0.15, 0.2) is 0 Å². The number of nitrogens with zero attached hydrogens (tertiary/aromatic N) is 1. The molecule has 5 aromatic carbocycles. The van der Waals surface area contributed by atoms with E-state index >= 15 is 0 Å². The lowest BCUT2D eigenvalue weighted by Crippen LogP contribution is -2.09. The van der Waals surface area contributed by atoms with E-state index in [0.29, 0.717) is 0 Å². The molecule has 160 valence electrons. The van der Waals surface area contributed by atoms with Gasteiger partial charge in [0.1, 0.15) is 0 Å². The van der Waals surface area contributed by atoms with Gasteiger partial charge in [-0.15, -0.1) is 0 Å². The molecule has 0 atom stereocenters. The first-order valence-electron chi connectivity index (χ1n) is 10.7. The van der Waals surface area contributed by atoms with Gasteiger partial charge in [0, 0.05) is 26.0 Å². The van der Waals surface area contributed by atoms with Crippen LogP contribution in [-0.4, -0.2) is 0 Å². The van der Waals surface area contributed by atoms with Gasteiger partial charge in [0.05, 0.1) is 0 Å². The van der Waals surface area contributed by atoms with E-state index in [0.717, 1.165) is 26.0 Å². The molecule has 0 aromatic heterocycles. The standard InChI is InChI=1S/C30H21Br2N/c31-26-11-17-29(18-12-26)33(30-19-13-27(32)14-20-30)28-15-8-22(9-16-28)5-6-23-7-10-24-3-1-2-4-25(24)21-23/h1-21H. The minimum atomic E-state index is 1.07. The molecule has 0 unspecified atom stereocenters. The highest BCUT2D eigenvalue weighted by Crippen LogP contribution is 2.35. The topological polar surface area (TPSA) is 3.24 Å². The van der Waals surface area contributed by atoms with E-state index in [1.165, 1.54) is 21.9 Å². The molecule has 0 amide bonds. The fourth-order valence-corrected chi connectivity index (χ4v) is 4.39. The fraction of sp³-hybridized carbons (Fsp3) is 0. The summed E-state index contributed by atoms with van der Waals surface area (Å²) in [6.07, 6.45) is 4.33. The van der Waals surface area contributed by atoms with E-state index in [1.807, 2.05) is 0 Å². The van der Waals surface area contributed by atoms with Crippen LogP contribution in [0, 0.1) is 0 Å². The quantitative estimate of drug-likeness (QED) is 0.195. The molecule has 0 N–H and O–H groups in total. The predicted molar refractivity (Wildman–Crippen MR) is 149 cm³/mol. The van der Waals surface area contributed by atoms with Gasteiger partial charge < -0.3 is 4.90 Å². The zero-order valence-electron chi connectivity index (χ0n) is 17.8. The van der Waals surface area contributed by atoms with E-state index in [9.17, 15) is 0 Å². The van der Waals surface area contributed by atoms with E-state index in [1.54, 1.807) is 0 Å². The molecular weight excluding hydrogens is 534 g/mol. The number of fused-ring (bicyclic) bond motifs is 1. The SMILES string of the molecule is Brc1ccc(N(c2ccc(Br)cc2)c2ccc(C=Cc3ccc4ccccc4c3)cc2)cc1. The van der Waals surface area contributed by atoms with Crippen LogP contribution in [0.3, 0.4) is 0 Å². The van der Waals surface area contributed by atoms with Crippen molar-refractivity contribution >= 4 is 71.8 Å². The largest absolute Gasteiger partial charge is 0.311 e. The Morgan fingerprint density at radius 2 is 0.909 bits per heavy atom. The number of hydrogen-bond donors (Lipinski definition) is 0. The van der Waals surface area contributed by atoms with E-state index in [-0.39, 0.29) is 0 Å². The number of hydrogen-bond acceptors (Lipinski definition) is 1. The minimum Gasteiger partial charge on any atom is -0.311 e. The first kappa shape index (κ1) is 21.7. The summed E-state index contributed by atoms with van der Waals surface area (Å²) in [5.74, 6) is 0. The average Bonchev–Trinajstić information content (AvgIpc) is 2.86. The Balaban J connectivity index is 1.44. The molecule has 0 heterocycles. The van der Waals surface area contributed by atoms with Crippen molar-refractivity contribution in [2.75, 3.05) is 4.90 Å². The van der Waals surface area contributed by atoms with E-state index in [4.69, 9.17) is 0 Å². The van der Waals surface area contributed by atoms with Crippen molar-refractivity contribution < 1.29 is 0 Å². The van der Waals surface area contributed by atoms with Gasteiger partial charge in [0.25, 0.3) is 0 Å². The maximum Gasteiger partial charge on any atom is 0.0462 e. The molecular formula is C30H21Br2N. The van der Waals surface area contributed by atoms with Gasteiger partial charge in [-0.05, 0) is 88.6 Å². The highest BCUT2D eigenvalue weighted by Gasteiger charge is 2.12. The predicted octanol–water partition coefficient (Wildman–Crippen LogP) is 10.0. The molecule has 0 radical (unpaired) electrons. The van der Waals surface area contributed by atoms with Crippen LogP contribution in [0.25, 0.3) is 22.9 Å². The zero-order chi connectivity index (χ0) is 22.6. The van der Waals surface area contributed by atoms with Crippen LogP contribution in [0.5, 0.6) is 0 Å². The average molecular weight is 555 g/mol. The van der Waals surface area contributed by atoms with Crippen molar-refractivity contribution in [3.05, 3.63) is 135 Å². The fourth-order valence-electron chi connectivity index (χ4n) is 3.87. The zero-order valence-corrected chi connectivity index (χ0v) is 21.0. The Morgan fingerprint density at radius 3 is 1.48 bits per heavy atom. The van der Waals surface area contributed by atoms with Crippen molar-refractivity contribution in [3.8, 4) is 0 Å². The lowest BCUT2D eigenvalue weighted by Gasteiger charge is -2.25. The lowest BCUT2D eigenvalue weighted by atomic mass is 10.1. The van der Waals surface area contributed by atoms with Gasteiger partial charge >= 0.3 is 0 Å². The summed E-state index contributed by atoms with van der Waals surface area (Å²) < 4.78 is 2.13. The molecule has 0 aliphatic carbocycles. The van der Waals surface area contributed by atoms with Crippen LogP contribution in [0.2, 0.25) is 0 Å². The molecule has 0 saturated carbocycles. The minimum absolute atomic E-state index is 1.07. The normalized spacial score (nSPS) is 11.2. The molecule has 3 heteroatoms. The molecule has 5 rings (SSSR count). The van der Waals surface area contributed by atoms with Crippen molar-refractivity contribution in [2.45, 2.75) is 0 Å². The summed E-state index contributed by atoms with van der Waals surface area (Å²) in [6, 6.07) is 40.5. The molecule has 0 fully saturated rings. The molecule has 33 heavy (non-hydrogen) atoms. The van der Waals surface area contributed by atoms with Crippen molar-refractivity contribution in [2.24, 2.45) is 0 Å². The Morgan fingerprint density at radius 1 is 0.455 bits per heavy atom. The second-order valence-electron chi connectivity index (χ2n) is 7.82. The van der Waals surface area contributed by atoms with Crippen LogP contribution >= 0.6 is 31.9 Å². The second-order valence-corrected chi connectivity index (χ2v) is 9.65. The number of anilines is 3. The summed E-state index contributed by atoms with van der Waals surface area (Å²) in [6.45, 7) is 0. The first-order valence-corrected chi connectivity index (χ1v) is 12.3. The maximum absolute atomic E-state index is 3.54. The van der Waals surface area contributed by atoms with E-state index < -0.39 is 0 Å². The Bertz CT molecular complexity index is 1360. The molecule has 0 aliphatic rings. The third-order valence-electron chi connectivity index (χ3n) is 5.56. The molecule has 5 aromatic rings. The highest BCUT2D eigenvalue weighted by atomic mass is 79.9. The van der Waals surface area contributed by atoms with Crippen LogP contribution in [0.4, 0.5) is 17.1 Å². The summed E-state index contributed by atoms with van der Waals surface area (Å²) in [5.41, 5.74) is 5.70. The van der Waals surface area contributed by atoms with Gasteiger partial charge in [-0.2, -0.15) is 0 Å². The van der Waals surface area contributed by atoms with Crippen LogP contribution in [-0.2, 0) is 0 Å². The third-order valence-corrected chi connectivity index (χ3v) is 6.62. The summed E-state index contributed by atoms with van der Waals surface area (Å²) in [5, 5.41) is 2.52. The number of benzene rings is 5. The van der Waals surface area contributed by atoms with Crippen LogP contribution in [0.15, 0.2) is 124 Å². The van der Waals surface area contributed by atoms with E-state index in [2.05, 4.69) is 164 Å². The first-order chi connectivity index (χ1) is 16.2. The maximum atomic E-state index is 3.54. The van der Waals surface area contributed by atoms with Gasteiger partial charge in [-0.1, -0.05) is 92.5 Å². The molecule has 0 aliphatic heterocycles. The summed E-state index contributed by atoms with van der Waals surface area (Å²) >= 11 is 7.09. The Kier molecular flexibility index (Phi) is 6.43. The molecule has 0 spiro atoms. The third kappa shape index (κ3) is 5.11. The highest BCUT2D eigenvalue weighted by molar-refractivity contribution is 9.10.